The number of hydrogen-bond donors (Lipinski definition) is 1. The highest BCUT2D eigenvalue weighted by Crippen LogP contribution is 2.43. The number of nitrogens with two attached hydrogens (primary N) is 1. The highest BCUT2D eigenvalue weighted by Gasteiger charge is 2.40. The van der Waals surface area contributed by atoms with Crippen molar-refractivity contribution in [3.63, 3.8) is 0 Å². The first-order valence-corrected chi connectivity index (χ1v) is 10.2. The molecule has 3 aromatic rings. The SMILES string of the molecule is CC=Cn1nc(-c2ccc(S(N)(=O)=O)cc2)c(-c2ccc(Cl)cc2)c1C(F)(F)F. The molecule has 29 heavy (non-hydrogen) atoms. The molecule has 0 unspecified atom stereocenters. The lowest BCUT2D eigenvalue weighted by Gasteiger charge is -2.11. The summed E-state index contributed by atoms with van der Waals surface area (Å²) in [5, 5.41) is 9.59. The van der Waals surface area contributed by atoms with E-state index in [0.29, 0.717) is 10.6 Å². The van der Waals surface area contributed by atoms with E-state index < -0.39 is 21.9 Å². The van der Waals surface area contributed by atoms with Gasteiger partial charge < -0.3 is 0 Å². The van der Waals surface area contributed by atoms with E-state index in [-0.39, 0.29) is 21.7 Å². The molecule has 10 heteroatoms. The van der Waals surface area contributed by atoms with E-state index in [2.05, 4.69) is 5.10 Å². The van der Waals surface area contributed by atoms with Crippen molar-refractivity contribution < 1.29 is 21.6 Å². The molecule has 0 amide bonds. The average Bonchev–Trinajstić information content (AvgIpc) is 3.02. The monoisotopic (exact) mass is 441 g/mol. The van der Waals surface area contributed by atoms with Gasteiger partial charge in [0.05, 0.1) is 4.90 Å². The van der Waals surface area contributed by atoms with Gasteiger partial charge >= 0.3 is 6.18 Å². The van der Waals surface area contributed by atoms with Crippen LogP contribution in [0.25, 0.3) is 28.6 Å². The fraction of sp³-hybridized carbons (Fsp3) is 0.105. The van der Waals surface area contributed by atoms with E-state index in [1.807, 2.05) is 0 Å². The van der Waals surface area contributed by atoms with Gasteiger partial charge in [0.15, 0.2) is 5.69 Å². The number of primary sulfonamides is 1. The van der Waals surface area contributed by atoms with E-state index in [0.717, 1.165) is 4.68 Å². The Kier molecular flexibility index (Phi) is 5.57. The molecule has 152 valence electrons. The van der Waals surface area contributed by atoms with Crippen LogP contribution in [-0.4, -0.2) is 18.2 Å². The zero-order valence-corrected chi connectivity index (χ0v) is 16.6. The van der Waals surface area contributed by atoms with Crippen molar-refractivity contribution in [3.05, 3.63) is 65.3 Å². The highest BCUT2D eigenvalue weighted by atomic mass is 35.5. The number of aromatic nitrogens is 2. The van der Waals surface area contributed by atoms with Crippen molar-refractivity contribution in [2.24, 2.45) is 5.14 Å². The molecule has 0 bridgehead atoms. The molecule has 0 fully saturated rings. The lowest BCUT2D eigenvalue weighted by Crippen LogP contribution is -2.12. The number of benzene rings is 2. The first-order chi connectivity index (χ1) is 13.5. The molecule has 0 aliphatic rings. The van der Waals surface area contributed by atoms with Gasteiger partial charge in [-0.1, -0.05) is 41.9 Å². The third-order valence-electron chi connectivity index (χ3n) is 4.06. The summed E-state index contributed by atoms with van der Waals surface area (Å²) in [6.07, 6.45) is -2.06. The van der Waals surface area contributed by atoms with E-state index in [9.17, 15) is 21.6 Å². The maximum atomic E-state index is 13.9. The zero-order chi connectivity index (χ0) is 21.4. The maximum Gasteiger partial charge on any atom is 0.434 e. The molecule has 0 spiro atoms. The molecule has 0 aliphatic carbocycles. The van der Waals surface area contributed by atoms with Gasteiger partial charge in [0, 0.05) is 22.3 Å². The topological polar surface area (TPSA) is 78.0 Å². The average molecular weight is 442 g/mol. The molecule has 2 aromatic carbocycles. The van der Waals surface area contributed by atoms with Crippen LogP contribution < -0.4 is 5.14 Å². The van der Waals surface area contributed by atoms with Crippen LogP contribution in [0.3, 0.4) is 0 Å². The molecule has 0 atom stereocenters. The van der Waals surface area contributed by atoms with Crippen LogP contribution >= 0.6 is 11.6 Å². The van der Waals surface area contributed by atoms with Crippen LogP contribution in [0.2, 0.25) is 5.02 Å². The summed E-state index contributed by atoms with van der Waals surface area (Å²) in [5.41, 5.74) is -0.489. The Balaban J connectivity index is 2.32. The number of alkyl halides is 3. The number of allylic oxidation sites excluding steroid dienone is 1. The Hall–Kier alpha value is -2.62. The Morgan fingerprint density at radius 2 is 1.59 bits per heavy atom. The van der Waals surface area contributed by atoms with Crippen LogP contribution in [0, 0.1) is 0 Å². The molecule has 0 aliphatic heterocycles. The third-order valence-corrected chi connectivity index (χ3v) is 5.24. The van der Waals surface area contributed by atoms with Crippen LogP contribution in [-0.2, 0) is 16.2 Å². The number of nitrogens with zero attached hydrogens (tertiary/aromatic N) is 2. The molecule has 1 aromatic heterocycles. The standard InChI is InChI=1S/C19H15ClF3N3O2S/c1-2-11-26-18(19(21,22)23)16(12-3-7-14(20)8-4-12)17(25-26)13-5-9-15(10-6-13)29(24,27)28/h2-11H,1H3,(H2,24,27,28). The second kappa shape index (κ2) is 7.66. The quantitative estimate of drug-likeness (QED) is 0.617. The fourth-order valence-electron chi connectivity index (χ4n) is 2.85. The van der Waals surface area contributed by atoms with Crippen molar-refractivity contribution in [1.29, 1.82) is 0 Å². The van der Waals surface area contributed by atoms with Crippen molar-refractivity contribution >= 4 is 27.8 Å². The van der Waals surface area contributed by atoms with Crippen LogP contribution in [0.4, 0.5) is 13.2 Å². The summed E-state index contributed by atoms with van der Waals surface area (Å²) in [5.74, 6) is 0. The normalized spacial score (nSPS) is 12.6. The molecule has 2 N–H and O–H groups in total. The molecular weight excluding hydrogens is 427 g/mol. The number of halogens is 4. The van der Waals surface area contributed by atoms with Crippen LogP contribution in [0.15, 0.2) is 59.5 Å². The van der Waals surface area contributed by atoms with Crippen molar-refractivity contribution in [2.75, 3.05) is 0 Å². The summed E-state index contributed by atoms with van der Waals surface area (Å²) in [4.78, 5) is -0.154. The van der Waals surface area contributed by atoms with E-state index in [1.54, 1.807) is 6.92 Å². The van der Waals surface area contributed by atoms with Gasteiger partial charge in [-0.05, 0) is 36.8 Å². The Bertz CT molecular complexity index is 1170. The molecule has 5 nitrogen and oxygen atoms in total. The maximum absolute atomic E-state index is 13.9. The Morgan fingerprint density at radius 1 is 1.03 bits per heavy atom. The molecular formula is C19H15ClF3N3O2S. The summed E-state index contributed by atoms with van der Waals surface area (Å²) in [6.45, 7) is 1.57. The smallest absolute Gasteiger partial charge is 0.235 e. The second-order valence-electron chi connectivity index (χ2n) is 6.07. The third kappa shape index (κ3) is 4.36. The van der Waals surface area contributed by atoms with Gasteiger partial charge in [0.25, 0.3) is 0 Å². The van der Waals surface area contributed by atoms with Gasteiger partial charge in [-0.3, -0.25) is 0 Å². The van der Waals surface area contributed by atoms with Gasteiger partial charge in [0.2, 0.25) is 10.0 Å². The fourth-order valence-corrected chi connectivity index (χ4v) is 3.49. The molecule has 1 heterocycles. The minimum atomic E-state index is -4.69. The molecule has 3 rings (SSSR count). The first kappa shape index (κ1) is 21.1. The predicted octanol–water partition coefficient (Wildman–Crippen LogP) is 5.03. The summed E-state index contributed by atoms with van der Waals surface area (Å²) >= 11 is 5.88. The van der Waals surface area contributed by atoms with Gasteiger partial charge in [-0.15, -0.1) is 0 Å². The molecule has 0 radical (unpaired) electrons. The largest absolute Gasteiger partial charge is 0.434 e. The first-order valence-electron chi connectivity index (χ1n) is 8.24. The molecule has 0 saturated heterocycles. The van der Waals surface area contributed by atoms with Gasteiger partial charge in [-0.25, -0.2) is 18.2 Å². The van der Waals surface area contributed by atoms with Crippen LogP contribution in [0.5, 0.6) is 0 Å². The van der Waals surface area contributed by atoms with Crippen molar-refractivity contribution in [3.8, 4) is 22.4 Å². The van der Waals surface area contributed by atoms with Crippen molar-refractivity contribution in [1.82, 2.24) is 9.78 Å². The lowest BCUT2D eigenvalue weighted by atomic mass is 9.98. The van der Waals surface area contributed by atoms with Crippen molar-refractivity contribution in [2.45, 2.75) is 18.0 Å². The van der Waals surface area contributed by atoms with Gasteiger partial charge in [-0.2, -0.15) is 18.3 Å². The zero-order valence-electron chi connectivity index (χ0n) is 15.0. The predicted molar refractivity (Wildman–Crippen MR) is 105 cm³/mol. The summed E-state index contributed by atoms with van der Waals surface area (Å²) in [7, 11) is -3.94. The second-order valence-corrected chi connectivity index (χ2v) is 8.07. The Morgan fingerprint density at radius 3 is 2.07 bits per heavy atom. The lowest BCUT2D eigenvalue weighted by molar-refractivity contribution is -0.142. The van der Waals surface area contributed by atoms with Crippen LogP contribution in [0.1, 0.15) is 12.6 Å². The highest BCUT2D eigenvalue weighted by molar-refractivity contribution is 7.89. The van der Waals surface area contributed by atoms with E-state index in [1.165, 1.54) is 60.8 Å². The molecule has 0 saturated carbocycles. The minimum Gasteiger partial charge on any atom is -0.235 e. The Labute approximate surface area is 170 Å². The summed E-state index contributed by atoms with van der Waals surface area (Å²) < 4.78 is 65.5. The minimum absolute atomic E-state index is 0.0405. The summed E-state index contributed by atoms with van der Waals surface area (Å²) in [6, 6.07) is 11.1. The number of hydrogen-bond acceptors (Lipinski definition) is 3. The number of rotatable bonds is 4. The van der Waals surface area contributed by atoms with E-state index >= 15 is 0 Å². The van der Waals surface area contributed by atoms with E-state index in [4.69, 9.17) is 16.7 Å². The van der Waals surface area contributed by atoms with Gasteiger partial charge in [0.1, 0.15) is 5.69 Å². The number of sulfonamides is 1.